The number of carbonyl (C=O) groups is 2. The number of carbonyl (C=O) groups excluding carboxylic acids is 2. The van der Waals surface area contributed by atoms with Crippen LogP contribution < -0.4 is 15.0 Å². The molecule has 0 unspecified atom stereocenters. The molecule has 0 bridgehead atoms. The van der Waals surface area contributed by atoms with E-state index in [9.17, 15) is 9.59 Å². The smallest absolute Gasteiger partial charge is 0.253 e. The van der Waals surface area contributed by atoms with Crippen molar-refractivity contribution < 1.29 is 14.3 Å². The van der Waals surface area contributed by atoms with Crippen molar-refractivity contribution in [1.29, 1.82) is 0 Å². The number of nitrogens with one attached hydrogen (secondary N) is 1. The Bertz CT molecular complexity index is 1330. The number of fused-ring (bicyclic) bond motifs is 3. The van der Waals surface area contributed by atoms with Gasteiger partial charge < -0.3 is 10.1 Å². The highest BCUT2D eigenvalue weighted by atomic mass is 16.5. The van der Waals surface area contributed by atoms with Gasteiger partial charge >= 0.3 is 0 Å². The molecular formula is C26H24N4O3. The van der Waals surface area contributed by atoms with Crippen LogP contribution in [-0.4, -0.2) is 28.5 Å². The molecule has 4 aromatic rings. The Labute approximate surface area is 191 Å². The summed E-state index contributed by atoms with van der Waals surface area (Å²) in [6.07, 6.45) is 0.0270. The van der Waals surface area contributed by atoms with Crippen molar-refractivity contribution in [3.05, 3.63) is 83.9 Å². The van der Waals surface area contributed by atoms with Crippen LogP contribution >= 0.6 is 0 Å². The lowest BCUT2D eigenvalue weighted by Crippen LogP contribution is -2.31. The van der Waals surface area contributed by atoms with Gasteiger partial charge in [0.15, 0.2) is 0 Å². The van der Waals surface area contributed by atoms with E-state index in [2.05, 4.69) is 5.32 Å². The van der Waals surface area contributed by atoms with Gasteiger partial charge in [-0.15, -0.1) is 0 Å². The number of para-hydroxylation sites is 2. The van der Waals surface area contributed by atoms with Crippen molar-refractivity contribution in [3.63, 3.8) is 0 Å². The van der Waals surface area contributed by atoms with E-state index in [1.807, 2.05) is 84.3 Å². The lowest BCUT2D eigenvalue weighted by Gasteiger charge is -2.16. The van der Waals surface area contributed by atoms with Gasteiger partial charge in [-0.1, -0.05) is 42.0 Å². The Morgan fingerprint density at radius 1 is 1.03 bits per heavy atom. The molecule has 0 aliphatic carbocycles. The molecular weight excluding hydrogens is 416 g/mol. The molecule has 0 radical (unpaired) electrons. The van der Waals surface area contributed by atoms with Gasteiger partial charge in [0.2, 0.25) is 11.9 Å². The molecule has 5 rings (SSSR count). The van der Waals surface area contributed by atoms with Crippen LogP contribution in [0.4, 0.5) is 11.6 Å². The molecule has 3 aromatic carbocycles. The van der Waals surface area contributed by atoms with Gasteiger partial charge in [0, 0.05) is 5.69 Å². The van der Waals surface area contributed by atoms with Crippen LogP contribution in [0.2, 0.25) is 0 Å². The number of benzene rings is 3. The predicted molar refractivity (Wildman–Crippen MR) is 127 cm³/mol. The molecule has 1 aliphatic rings. The number of nitrogens with zero attached hydrogens (tertiary/aromatic N) is 3. The fraction of sp³-hybridized carbons (Fsp3) is 0.192. The van der Waals surface area contributed by atoms with E-state index in [1.165, 1.54) is 0 Å². The quantitative estimate of drug-likeness (QED) is 0.480. The molecule has 2 heterocycles. The Morgan fingerprint density at radius 3 is 2.48 bits per heavy atom. The second-order valence-corrected chi connectivity index (χ2v) is 8.18. The van der Waals surface area contributed by atoms with Crippen LogP contribution in [0.3, 0.4) is 0 Å². The summed E-state index contributed by atoms with van der Waals surface area (Å²) < 4.78 is 7.12. The Hall–Kier alpha value is -4.13. The molecule has 7 nitrogen and oxygen atoms in total. The van der Waals surface area contributed by atoms with Crippen LogP contribution in [0.15, 0.2) is 72.8 Å². The highest BCUT2D eigenvalue weighted by Crippen LogP contribution is 2.37. The van der Waals surface area contributed by atoms with E-state index in [0.717, 1.165) is 27.9 Å². The van der Waals surface area contributed by atoms with Crippen LogP contribution in [0.25, 0.3) is 11.0 Å². The molecule has 7 heteroatoms. The molecule has 0 spiro atoms. The number of methoxy groups -OCH3 is 1. The largest absolute Gasteiger partial charge is 0.497 e. The van der Waals surface area contributed by atoms with E-state index < -0.39 is 6.04 Å². The van der Waals surface area contributed by atoms with Gasteiger partial charge in [0.1, 0.15) is 11.8 Å². The van der Waals surface area contributed by atoms with E-state index in [0.29, 0.717) is 18.2 Å². The van der Waals surface area contributed by atoms with Crippen molar-refractivity contribution in [2.75, 3.05) is 17.3 Å². The van der Waals surface area contributed by atoms with E-state index in [4.69, 9.17) is 9.72 Å². The second kappa shape index (κ2) is 8.43. The fourth-order valence-corrected chi connectivity index (χ4v) is 4.18. The van der Waals surface area contributed by atoms with Crippen molar-refractivity contribution in [1.82, 2.24) is 9.55 Å². The van der Waals surface area contributed by atoms with Gasteiger partial charge in [0.25, 0.3) is 5.91 Å². The van der Waals surface area contributed by atoms with Crippen molar-refractivity contribution in [2.24, 2.45) is 0 Å². The number of imidazole rings is 1. The average molecular weight is 441 g/mol. The van der Waals surface area contributed by atoms with E-state index >= 15 is 0 Å². The summed E-state index contributed by atoms with van der Waals surface area (Å²) >= 11 is 0. The maximum atomic E-state index is 13.5. The zero-order valence-electron chi connectivity index (χ0n) is 18.5. The lowest BCUT2D eigenvalue weighted by molar-refractivity contribution is -0.124. The summed E-state index contributed by atoms with van der Waals surface area (Å²) in [5.74, 6) is 0.958. The number of rotatable bonds is 6. The Balaban J connectivity index is 1.45. The summed E-state index contributed by atoms with van der Waals surface area (Å²) in [6, 6.07) is 22.2. The first-order valence-electron chi connectivity index (χ1n) is 10.8. The number of ether oxygens (including phenoxy) is 1. The highest BCUT2D eigenvalue weighted by molar-refractivity contribution is 6.05. The van der Waals surface area contributed by atoms with Gasteiger partial charge in [-0.3, -0.25) is 19.1 Å². The minimum atomic E-state index is -0.656. The van der Waals surface area contributed by atoms with Crippen molar-refractivity contribution in [3.8, 4) is 5.75 Å². The van der Waals surface area contributed by atoms with Crippen molar-refractivity contribution >= 4 is 34.5 Å². The van der Waals surface area contributed by atoms with Gasteiger partial charge in [-0.25, -0.2) is 4.98 Å². The normalized spacial score (nSPS) is 15.0. The molecule has 0 saturated heterocycles. The molecule has 166 valence electrons. The summed E-state index contributed by atoms with van der Waals surface area (Å²) in [5, 5.41) is 2.91. The molecule has 1 aromatic heterocycles. The number of aromatic nitrogens is 2. The first kappa shape index (κ1) is 20.8. The first-order chi connectivity index (χ1) is 16.0. The van der Waals surface area contributed by atoms with Gasteiger partial charge in [-0.2, -0.15) is 0 Å². The molecule has 1 aliphatic heterocycles. The molecule has 2 amide bonds. The van der Waals surface area contributed by atoms with E-state index in [-0.39, 0.29) is 18.2 Å². The minimum absolute atomic E-state index is 0.0270. The van der Waals surface area contributed by atoms with Gasteiger partial charge in [0.05, 0.1) is 31.1 Å². The number of hydrogen-bond donors (Lipinski definition) is 1. The fourth-order valence-electron chi connectivity index (χ4n) is 4.18. The summed E-state index contributed by atoms with van der Waals surface area (Å²) in [7, 11) is 1.62. The first-order valence-corrected chi connectivity index (χ1v) is 10.8. The average Bonchev–Trinajstić information content (AvgIpc) is 3.32. The van der Waals surface area contributed by atoms with Crippen LogP contribution in [-0.2, 0) is 16.1 Å². The summed E-state index contributed by atoms with van der Waals surface area (Å²) in [5.41, 5.74) is 4.41. The zero-order valence-corrected chi connectivity index (χ0v) is 18.5. The number of hydrogen-bond acceptors (Lipinski definition) is 4. The molecule has 1 atom stereocenters. The summed E-state index contributed by atoms with van der Waals surface area (Å²) in [4.78, 5) is 32.7. The monoisotopic (exact) mass is 440 g/mol. The maximum Gasteiger partial charge on any atom is 0.253 e. The molecule has 0 fully saturated rings. The molecule has 33 heavy (non-hydrogen) atoms. The number of anilines is 2. The SMILES string of the molecule is COc1ccc(CN2C(=O)[C@@H](CC(=O)Nc3ccc(C)cc3)n3c2nc2ccccc23)cc1. The molecule has 1 N–H and O–H groups in total. The maximum absolute atomic E-state index is 13.5. The molecule has 0 saturated carbocycles. The predicted octanol–water partition coefficient (Wildman–Crippen LogP) is 4.47. The third-order valence-corrected chi connectivity index (χ3v) is 5.90. The van der Waals surface area contributed by atoms with Gasteiger partial charge in [-0.05, 0) is 48.9 Å². The number of aryl methyl sites for hydroxylation is 1. The highest BCUT2D eigenvalue weighted by Gasteiger charge is 2.40. The Kier molecular flexibility index (Phi) is 5.30. The third kappa shape index (κ3) is 3.93. The van der Waals surface area contributed by atoms with Crippen LogP contribution in [0.5, 0.6) is 5.75 Å². The van der Waals surface area contributed by atoms with E-state index in [1.54, 1.807) is 12.0 Å². The number of amides is 2. The topological polar surface area (TPSA) is 76.5 Å². The van der Waals surface area contributed by atoms with Crippen molar-refractivity contribution in [2.45, 2.75) is 25.9 Å². The van der Waals surface area contributed by atoms with Crippen LogP contribution in [0.1, 0.15) is 23.6 Å². The van der Waals surface area contributed by atoms with Crippen LogP contribution in [0, 0.1) is 6.92 Å². The second-order valence-electron chi connectivity index (χ2n) is 8.18. The lowest BCUT2D eigenvalue weighted by atomic mass is 10.1. The standard InChI is InChI=1S/C26H24N4O3/c1-17-7-11-19(12-8-17)27-24(31)15-23-25(32)29(16-18-9-13-20(33-2)14-10-18)26-28-21-5-3-4-6-22(21)30(23)26/h3-14,23H,15-16H2,1-2H3,(H,27,31)/t23-/m1/s1. The Morgan fingerprint density at radius 2 is 1.76 bits per heavy atom. The summed E-state index contributed by atoms with van der Waals surface area (Å²) in [6.45, 7) is 2.36. The zero-order chi connectivity index (χ0) is 22.9. The third-order valence-electron chi connectivity index (χ3n) is 5.90. The minimum Gasteiger partial charge on any atom is -0.497 e.